The summed E-state index contributed by atoms with van der Waals surface area (Å²) in [6.45, 7) is 0. The molecule has 2 aromatic rings. The van der Waals surface area contributed by atoms with E-state index in [2.05, 4.69) is 20.3 Å². The number of methoxy groups -OCH3 is 1. The van der Waals surface area contributed by atoms with Crippen molar-refractivity contribution in [2.24, 2.45) is 0 Å². The molecule has 5 nitrogen and oxygen atoms in total. The summed E-state index contributed by atoms with van der Waals surface area (Å²) in [6.07, 6.45) is 4.04. The summed E-state index contributed by atoms with van der Waals surface area (Å²) in [4.78, 5) is 11.9. The van der Waals surface area contributed by atoms with Gasteiger partial charge in [0.15, 0.2) is 11.6 Å². The molecule has 0 aliphatic heterocycles. The van der Waals surface area contributed by atoms with E-state index in [9.17, 15) is 4.39 Å². The van der Waals surface area contributed by atoms with Gasteiger partial charge >= 0.3 is 0 Å². The summed E-state index contributed by atoms with van der Waals surface area (Å²) in [6, 6.07) is 1.34. The predicted molar refractivity (Wildman–Crippen MR) is 61.3 cm³/mol. The van der Waals surface area contributed by atoms with Gasteiger partial charge in [-0.05, 0) is 6.07 Å². The molecule has 6 heteroatoms. The minimum Gasteiger partial charge on any atom is -0.491 e. The predicted octanol–water partition coefficient (Wildman–Crippen LogP) is 1.73. The molecule has 2 rings (SSSR count). The number of hydrogen-bond donors (Lipinski definition) is 1. The first kappa shape index (κ1) is 11.3. The maximum atomic E-state index is 13.1. The second-order valence-electron chi connectivity index (χ2n) is 3.25. The molecule has 0 atom stereocenters. The van der Waals surface area contributed by atoms with Crippen molar-refractivity contribution in [1.29, 1.82) is 0 Å². The summed E-state index contributed by atoms with van der Waals surface area (Å²) in [5.74, 6) is 0.582. The lowest BCUT2D eigenvalue weighted by molar-refractivity contribution is 0.415. The highest BCUT2D eigenvalue weighted by molar-refractivity contribution is 5.71. The average Bonchev–Trinajstić information content (AvgIpc) is 2.37. The van der Waals surface area contributed by atoms with Gasteiger partial charge in [0, 0.05) is 18.8 Å². The molecule has 0 spiro atoms. The Hall–Kier alpha value is -2.24. The molecular formula is C11H11FN4O. The molecule has 0 fully saturated rings. The van der Waals surface area contributed by atoms with E-state index in [0.717, 1.165) is 6.20 Å². The monoisotopic (exact) mass is 234 g/mol. The number of rotatable bonds is 3. The Morgan fingerprint density at radius 3 is 2.76 bits per heavy atom. The van der Waals surface area contributed by atoms with Crippen molar-refractivity contribution in [3.63, 3.8) is 0 Å². The molecule has 0 unspecified atom stereocenters. The maximum absolute atomic E-state index is 13.1. The summed E-state index contributed by atoms with van der Waals surface area (Å²) < 4.78 is 18.3. The van der Waals surface area contributed by atoms with E-state index in [1.807, 2.05) is 0 Å². The van der Waals surface area contributed by atoms with E-state index in [0.29, 0.717) is 22.8 Å². The molecule has 2 heterocycles. The van der Waals surface area contributed by atoms with Crippen molar-refractivity contribution in [1.82, 2.24) is 15.0 Å². The van der Waals surface area contributed by atoms with Crippen LogP contribution in [0.5, 0.6) is 5.75 Å². The molecule has 0 aliphatic carbocycles. The summed E-state index contributed by atoms with van der Waals surface area (Å²) in [5, 5.41) is 2.88. The third kappa shape index (κ3) is 2.15. The maximum Gasteiger partial charge on any atom is 0.187 e. The van der Waals surface area contributed by atoms with Crippen molar-refractivity contribution in [3.8, 4) is 17.0 Å². The van der Waals surface area contributed by atoms with E-state index in [-0.39, 0.29) is 0 Å². The van der Waals surface area contributed by atoms with Gasteiger partial charge in [0.25, 0.3) is 0 Å². The Kier molecular flexibility index (Phi) is 3.13. The standard InChI is InChI=1S/C11H11FN4O/c1-13-11-10(17-2)9(15-6-16-11)7-3-8(12)5-14-4-7/h3-6H,1-2H3,(H,13,15,16). The van der Waals surface area contributed by atoms with E-state index in [4.69, 9.17) is 4.74 Å². The Morgan fingerprint density at radius 2 is 2.12 bits per heavy atom. The van der Waals surface area contributed by atoms with Crippen molar-refractivity contribution < 1.29 is 9.13 Å². The lowest BCUT2D eigenvalue weighted by Gasteiger charge is -2.10. The lowest BCUT2D eigenvalue weighted by atomic mass is 10.2. The second kappa shape index (κ2) is 4.73. The quantitative estimate of drug-likeness (QED) is 0.876. The molecule has 0 aliphatic rings. The van der Waals surface area contributed by atoms with E-state index >= 15 is 0 Å². The van der Waals surface area contributed by atoms with Crippen LogP contribution in [0, 0.1) is 5.82 Å². The van der Waals surface area contributed by atoms with Gasteiger partial charge in [-0.3, -0.25) is 4.98 Å². The summed E-state index contributed by atoms with van der Waals surface area (Å²) in [5.41, 5.74) is 1.04. The fraction of sp³-hybridized carbons (Fsp3) is 0.182. The van der Waals surface area contributed by atoms with E-state index < -0.39 is 5.82 Å². The first-order valence-electron chi connectivity index (χ1n) is 4.94. The van der Waals surface area contributed by atoms with Gasteiger partial charge in [-0.1, -0.05) is 0 Å². The number of nitrogens with zero attached hydrogens (tertiary/aromatic N) is 3. The summed E-state index contributed by atoms with van der Waals surface area (Å²) in [7, 11) is 3.23. The average molecular weight is 234 g/mol. The van der Waals surface area contributed by atoms with E-state index in [1.165, 1.54) is 25.7 Å². The van der Waals surface area contributed by atoms with Crippen LogP contribution in [0.15, 0.2) is 24.8 Å². The van der Waals surface area contributed by atoms with Crippen LogP contribution in [0.4, 0.5) is 10.2 Å². The molecule has 2 aromatic heterocycles. The first-order valence-corrected chi connectivity index (χ1v) is 4.94. The molecule has 0 radical (unpaired) electrons. The molecule has 88 valence electrons. The number of ether oxygens (including phenoxy) is 1. The van der Waals surface area contributed by atoms with Crippen LogP contribution in [0.3, 0.4) is 0 Å². The Balaban J connectivity index is 2.59. The minimum atomic E-state index is -0.422. The fourth-order valence-corrected chi connectivity index (χ4v) is 1.49. The van der Waals surface area contributed by atoms with Crippen LogP contribution < -0.4 is 10.1 Å². The molecule has 17 heavy (non-hydrogen) atoms. The minimum absolute atomic E-state index is 0.422. The van der Waals surface area contributed by atoms with Crippen molar-refractivity contribution in [3.05, 3.63) is 30.6 Å². The number of anilines is 1. The zero-order chi connectivity index (χ0) is 12.3. The van der Waals surface area contributed by atoms with Crippen LogP contribution in [0.2, 0.25) is 0 Å². The van der Waals surface area contributed by atoms with Gasteiger partial charge in [0.1, 0.15) is 17.8 Å². The highest BCUT2D eigenvalue weighted by Crippen LogP contribution is 2.32. The van der Waals surface area contributed by atoms with Crippen molar-refractivity contribution >= 4 is 5.82 Å². The molecule has 0 amide bonds. The Bertz CT molecular complexity index is 533. The smallest absolute Gasteiger partial charge is 0.187 e. The van der Waals surface area contributed by atoms with Gasteiger partial charge < -0.3 is 10.1 Å². The van der Waals surface area contributed by atoms with Crippen LogP contribution in [0.1, 0.15) is 0 Å². The summed E-state index contributed by atoms with van der Waals surface area (Å²) >= 11 is 0. The van der Waals surface area contributed by atoms with Crippen LogP contribution in [-0.4, -0.2) is 29.1 Å². The normalized spacial score (nSPS) is 10.1. The van der Waals surface area contributed by atoms with Crippen LogP contribution >= 0.6 is 0 Å². The number of halogens is 1. The SMILES string of the molecule is CNc1ncnc(-c2cncc(F)c2)c1OC. The number of hydrogen-bond acceptors (Lipinski definition) is 5. The number of nitrogens with one attached hydrogen (secondary N) is 1. The van der Waals surface area contributed by atoms with Crippen LogP contribution in [0.25, 0.3) is 11.3 Å². The third-order valence-corrected chi connectivity index (χ3v) is 2.22. The Morgan fingerprint density at radius 1 is 1.29 bits per heavy atom. The van der Waals surface area contributed by atoms with Crippen LogP contribution in [-0.2, 0) is 0 Å². The van der Waals surface area contributed by atoms with Gasteiger partial charge in [-0.15, -0.1) is 0 Å². The molecule has 0 bridgehead atoms. The largest absolute Gasteiger partial charge is 0.491 e. The lowest BCUT2D eigenvalue weighted by Crippen LogP contribution is -2.00. The zero-order valence-electron chi connectivity index (χ0n) is 9.44. The van der Waals surface area contributed by atoms with Gasteiger partial charge in [0.2, 0.25) is 0 Å². The highest BCUT2D eigenvalue weighted by Gasteiger charge is 2.13. The zero-order valence-corrected chi connectivity index (χ0v) is 9.44. The molecular weight excluding hydrogens is 223 g/mol. The van der Waals surface area contributed by atoms with E-state index in [1.54, 1.807) is 7.05 Å². The van der Waals surface area contributed by atoms with Gasteiger partial charge in [-0.25, -0.2) is 14.4 Å². The van der Waals surface area contributed by atoms with Gasteiger partial charge in [-0.2, -0.15) is 0 Å². The second-order valence-corrected chi connectivity index (χ2v) is 3.25. The highest BCUT2D eigenvalue weighted by atomic mass is 19.1. The molecule has 0 saturated heterocycles. The molecule has 1 N–H and O–H groups in total. The first-order chi connectivity index (χ1) is 8.26. The topological polar surface area (TPSA) is 59.9 Å². The Labute approximate surface area is 97.7 Å². The van der Waals surface area contributed by atoms with Gasteiger partial charge in [0.05, 0.1) is 13.3 Å². The fourth-order valence-electron chi connectivity index (χ4n) is 1.49. The molecule has 0 saturated carbocycles. The number of pyridine rings is 1. The third-order valence-electron chi connectivity index (χ3n) is 2.22. The van der Waals surface area contributed by atoms with Crippen molar-refractivity contribution in [2.75, 3.05) is 19.5 Å². The van der Waals surface area contributed by atoms with Crippen molar-refractivity contribution in [2.45, 2.75) is 0 Å². The molecule has 0 aromatic carbocycles. The number of aromatic nitrogens is 3.